The van der Waals surface area contributed by atoms with E-state index < -0.39 is 12.0 Å². The summed E-state index contributed by atoms with van der Waals surface area (Å²) in [5.41, 5.74) is 8.56. The third-order valence-electron chi connectivity index (χ3n) is 4.54. The summed E-state index contributed by atoms with van der Waals surface area (Å²) in [6.07, 6.45) is 0. The van der Waals surface area contributed by atoms with Crippen LogP contribution in [0.15, 0.2) is 72.8 Å². The van der Waals surface area contributed by atoms with Gasteiger partial charge in [0.25, 0.3) is 0 Å². The number of rotatable bonds is 9. The molecule has 6 heteroatoms. The van der Waals surface area contributed by atoms with Crippen LogP contribution in [0.1, 0.15) is 22.7 Å². The highest BCUT2D eigenvalue weighted by Gasteiger charge is 2.22. The molecule has 0 aliphatic rings. The van der Waals surface area contributed by atoms with Crippen LogP contribution >= 0.6 is 0 Å². The predicted molar refractivity (Wildman–Crippen MR) is 113 cm³/mol. The van der Waals surface area contributed by atoms with E-state index in [0.29, 0.717) is 36.0 Å². The fourth-order valence-corrected chi connectivity index (χ4v) is 2.93. The van der Waals surface area contributed by atoms with Crippen molar-refractivity contribution in [1.29, 1.82) is 0 Å². The number of nitrogens with two attached hydrogens (primary N) is 1. The number of hydrogen-bond donors (Lipinski definition) is 1. The van der Waals surface area contributed by atoms with Gasteiger partial charge in [0, 0.05) is 0 Å². The van der Waals surface area contributed by atoms with Crippen molar-refractivity contribution in [2.75, 3.05) is 14.2 Å². The molecular formula is C24H25NO5. The molecule has 156 valence electrons. The average Bonchev–Trinajstić information content (AvgIpc) is 2.81. The van der Waals surface area contributed by atoms with Crippen molar-refractivity contribution >= 4 is 5.97 Å². The van der Waals surface area contributed by atoms with E-state index in [-0.39, 0.29) is 0 Å². The van der Waals surface area contributed by atoms with Crippen LogP contribution in [-0.4, -0.2) is 20.2 Å². The Morgan fingerprint density at radius 2 is 1.30 bits per heavy atom. The van der Waals surface area contributed by atoms with Gasteiger partial charge in [-0.25, -0.2) is 0 Å². The Hall–Kier alpha value is -3.51. The molecule has 0 radical (unpaired) electrons. The smallest absolute Gasteiger partial charge is 0.327 e. The van der Waals surface area contributed by atoms with Crippen molar-refractivity contribution in [3.05, 3.63) is 89.5 Å². The lowest BCUT2D eigenvalue weighted by atomic mass is 10.1. The van der Waals surface area contributed by atoms with E-state index in [1.165, 1.54) is 7.11 Å². The molecule has 0 heterocycles. The molecule has 0 saturated heterocycles. The lowest BCUT2D eigenvalue weighted by Gasteiger charge is -2.19. The predicted octanol–water partition coefficient (Wildman–Crippen LogP) is 4.03. The van der Waals surface area contributed by atoms with Crippen LogP contribution in [0.2, 0.25) is 0 Å². The molecule has 0 bridgehead atoms. The third-order valence-corrected chi connectivity index (χ3v) is 4.54. The summed E-state index contributed by atoms with van der Waals surface area (Å²) in [4.78, 5) is 12.0. The van der Waals surface area contributed by atoms with E-state index in [2.05, 4.69) is 0 Å². The molecular weight excluding hydrogens is 382 g/mol. The van der Waals surface area contributed by atoms with Gasteiger partial charge < -0.3 is 24.7 Å². The second-order valence-corrected chi connectivity index (χ2v) is 6.60. The van der Waals surface area contributed by atoms with Gasteiger partial charge in [0.1, 0.15) is 19.3 Å². The van der Waals surface area contributed by atoms with Crippen LogP contribution < -0.4 is 19.9 Å². The minimum Gasteiger partial charge on any atom is -0.490 e. The highest BCUT2D eigenvalue weighted by Crippen LogP contribution is 2.40. The van der Waals surface area contributed by atoms with Crippen LogP contribution in [0.25, 0.3) is 0 Å². The first-order valence-electron chi connectivity index (χ1n) is 9.51. The molecule has 3 aromatic carbocycles. The van der Waals surface area contributed by atoms with E-state index in [4.69, 9.17) is 24.7 Å². The minimum atomic E-state index is -0.973. The normalized spacial score (nSPS) is 11.4. The second kappa shape index (κ2) is 10.3. The molecule has 3 rings (SSSR count). The molecule has 1 atom stereocenters. The number of carbonyl (C=O) groups excluding carboxylic acids is 1. The summed E-state index contributed by atoms with van der Waals surface area (Å²) < 4.78 is 22.3. The molecule has 0 unspecified atom stereocenters. The molecule has 0 aromatic heterocycles. The zero-order valence-electron chi connectivity index (χ0n) is 17.0. The Balaban J connectivity index is 1.92. The molecule has 0 saturated carbocycles. The molecule has 0 spiro atoms. The molecule has 0 aliphatic heterocycles. The van der Waals surface area contributed by atoms with Gasteiger partial charge in [-0.3, -0.25) is 4.79 Å². The third kappa shape index (κ3) is 5.30. The van der Waals surface area contributed by atoms with E-state index in [0.717, 1.165) is 11.1 Å². The van der Waals surface area contributed by atoms with Crippen LogP contribution in [0.3, 0.4) is 0 Å². The lowest BCUT2D eigenvalue weighted by molar-refractivity contribution is -0.142. The SMILES string of the molecule is COC(=O)[C@@H](N)c1cc(OCc2ccccc2)c(OC)c(OCc2ccccc2)c1. The fourth-order valence-electron chi connectivity index (χ4n) is 2.93. The van der Waals surface area contributed by atoms with Gasteiger partial charge in [0.05, 0.1) is 14.2 Å². The number of ether oxygens (including phenoxy) is 4. The fraction of sp³-hybridized carbons (Fsp3) is 0.208. The highest BCUT2D eigenvalue weighted by atomic mass is 16.5. The summed E-state index contributed by atoms with van der Waals surface area (Å²) in [6, 6.07) is 21.9. The second-order valence-electron chi connectivity index (χ2n) is 6.60. The molecule has 6 nitrogen and oxygen atoms in total. The van der Waals surface area contributed by atoms with E-state index in [1.807, 2.05) is 60.7 Å². The Labute approximate surface area is 176 Å². The van der Waals surface area contributed by atoms with Gasteiger partial charge >= 0.3 is 5.97 Å². The first-order valence-corrected chi connectivity index (χ1v) is 9.51. The van der Waals surface area contributed by atoms with Gasteiger partial charge in [-0.05, 0) is 28.8 Å². The maximum Gasteiger partial charge on any atom is 0.327 e. The molecule has 0 amide bonds. The standard InChI is InChI=1S/C24H25NO5/c1-27-23-20(29-15-17-9-5-3-6-10-17)13-19(22(25)24(26)28-2)14-21(23)30-16-18-11-7-4-8-12-18/h3-14,22H,15-16,25H2,1-2H3/t22-/m0/s1. The summed E-state index contributed by atoms with van der Waals surface area (Å²) in [6.45, 7) is 0.651. The molecule has 30 heavy (non-hydrogen) atoms. The van der Waals surface area contributed by atoms with Crippen molar-refractivity contribution < 1.29 is 23.7 Å². The Bertz CT molecular complexity index is 895. The number of benzene rings is 3. The maximum absolute atomic E-state index is 12.0. The largest absolute Gasteiger partial charge is 0.490 e. The van der Waals surface area contributed by atoms with Gasteiger partial charge in [-0.2, -0.15) is 0 Å². The van der Waals surface area contributed by atoms with Crippen LogP contribution in [0.4, 0.5) is 0 Å². The van der Waals surface area contributed by atoms with Crippen LogP contribution in [-0.2, 0) is 22.7 Å². The van der Waals surface area contributed by atoms with E-state index in [1.54, 1.807) is 19.2 Å². The first kappa shape index (κ1) is 21.2. The van der Waals surface area contributed by atoms with E-state index in [9.17, 15) is 4.79 Å². The van der Waals surface area contributed by atoms with Crippen molar-refractivity contribution in [2.24, 2.45) is 5.73 Å². The van der Waals surface area contributed by atoms with Crippen molar-refractivity contribution in [3.8, 4) is 17.2 Å². The average molecular weight is 407 g/mol. The van der Waals surface area contributed by atoms with Crippen molar-refractivity contribution in [3.63, 3.8) is 0 Å². The first-order chi connectivity index (χ1) is 14.6. The van der Waals surface area contributed by atoms with Gasteiger partial charge in [0.2, 0.25) is 5.75 Å². The van der Waals surface area contributed by atoms with Crippen molar-refractivity contribution in [2.45, 2.75) is 19.3 Å². The highest BCUT2D eigenvalue weighted by molar-refractivity contribution is 5.78. The Morgan fingerprint density at radius 3 is 1.70 bits per heavy atom. The van der Waals surface area contributed by atoms with Gasteiger partial charge in [-0.1, -0.05) is 60.7 Å². The monoisotopic (exact) mass is 407 g/mol. The van der Waals surface area contributed by atoms with Gasteiger partial charge in [0.15, 0.2) is 11.5 Å². The van der Waals surface area contributed by atoms with Gasteiger partial charge in [-0.15, -0.1) is 0 Å². The zero-order chi connectivity index (χ0) is 21.3. The Kier molecular flexibility index (Phi) is 7.29. The molecule has 0 aliphatic carbocycles. The maximum atomic E-state index is 12.0. The van der Waals surface area contributed by atoms with Crippen LogP contribution in [0.5, 0.6) is 17.2 Å². The molecule has 2 N–H and O–H groups in total. The minimum absolute atomic E-state index is 0.326. The molecule has 0 fully saturated rings. The number of methoxy groups -OCH3 is 2. The summed E-state index contributed by atoms with van der Waals surface area (Å²) in [7, 11) is 2.84. The lowest BCUT2D eigenvalue weighted by Crippen LogP contribution is -2.22. The van der Waals surface area contributed by atoms with E-state index >= 15 is 0 Å². The molecule has 3 aromatic rings. The van der Waals surface area contributed by atoms with Crippen LogP contribution in [0, 0.1) is 0 Å². The number of carbonyl (C=O) groups is 1. The van der Waals surface area contributed by atoms with Crippen molar-refractivity contribution in [1.82, 2.24) is 0 Å². The number of esters is 1. The quantitative estimate of drug-likeness (QED) is 0.540. The Morgan fingerprint density at radius 1 is 0.833 bits per heavy atom. The summed E-state index contributed by atoms with van der Waals surface area (Å²) >= 11 is 0. The topological polar surface area (TPSA) is 80.0 Å². The zero-order valence-corrected chi connectivity index (χ0v) is 17.0. The number of hydrogen-bond acceptors (Lipinski definition) is 6. The summed E-state index contributed by atoms with van der Waals surface area (Å²) in [5.74, 6) is 0.744. The summed E-state index contributed by atoms with van der Waals surface area (Å²) in [5, 5.41) is 0.